The van der Waals surface area contributed by atoms with Crippen LogP contribution in [0.5, 0.6) is 0 Å². The van der Waals surface area contributed by atoms with Crippen LogP contribution in [0.15, 0.2) is 0 Å². The van der Waals surface area contributed by atoms with Gasteiger partial charge in [0.25, 0.3) is 10.2 Å². The Balaban J connectivity index is 2.54. The van der Waals surface area contributed by atoms with Crippen LogP contribution in [-0.2, 0) is 10.2 Å². The van der Waals surface area contributed by atoms with Crippen LogP contribution >= 0.6 is 0 Å². The highest BCUT2D eigenvalue weighted by Gasteiger charge is 2.43. The normalized spacial score (nSPS) is 22.6. The van der Waals surface area contributed by atoms with Gasteiger partial charge in [-0.2, -0.15) is 13.1 Å². The summed E-state index contributed by atoms with van der Waals surface area (Å²) in [5, 5.41) is 4.74. The lowest BCUT2D eigenvalue weighted by molar-refractivity contribution is 0.546. The molecule has 60 valence electrons. The van der Waals surface area contributed by atoms with Gasteiger partial charge in [0.1, 0.15) is 0 Å². The van der Waals surface area contributed by atoms with E-state index in [4.69, 9.17) is 10.9 Å². The highest BCUT2D eigenvalue weighted by Crippen LogP contribution is 2.34. The van der Waals surface area contributed by atoms with Gasteiger partial charge in [0.05, 0.1) is 0 Å². The monoisotopic (exact) mass is 165 g/mol. The van der Waals surface area contributed by atoms with E-state index in [1.54, 1.807) is 0 Å². The maximum atomic E-state index is 10.5. The van der Waals surface area contributed by atoms with Crippen molar-refractivity contribution in [3.05, 3.63) is 0 Å². The number of hydrogen-bond donors (Lipinski definition) is 3. The lowest BCUT2D eigenvalue weighted by Crippen LogP contribution is -2.45. The molecule has 1 saturated carbocycles. The fourth-order valence-corrected chi connectivity index (χ4v) is 1.69. The molecule has 0 unspecified atom stereocenters. The van der Waals surface area contributed by atoms with Crippen molar-refractivity contribution in [2.45, 2.75) is 18.4 Å². The zero-order chi connectivity index (χ0) is 7.83. The third kappa shape index (κ3) is 1.91. The fourth-order valence-electron chi connectivity index (χ4n) is 0.801. The van der Waals surface area contributed by atoms with Crippen molar-refractivity contribution in [3.63, 3.8) is 0 Å². The van der Waals surface area contributed by atoms with Gasteiger partial charge in [-0.1, -0.05) is 0 Å². The van der Waals surface area contributed by atoms with Crippen LogP contribution in [0.1, 0.15) is 12.8 Å². The Morgan fingerprint density at radius 3 is 2.10 bits per heavy atom. The van der Waals surface area contributed by atoms with Crippen LogP contribution in [0.25, 0.3) is 0 Å². The average Bonchev–Trinajstić information content (AvgIpc) is 2.45. The third-order valence-corrected chi connectivity index (χ3v) is 2.32. The van der Waals surface area contributed by atoms with E-state index in [9.17, 15) is 8.42 Å². The quantitative estimate of drug-likeness (QED) is 0.463. The molecule has 10 heavy (non-hydrogen) atoms. The molecule has 1 fully saturated rings. The highest BCUT2D eigenvalue weighted by molar-refractivity contribution is 7.87. The van der Waals surface area contributed by atoms with Crippen molar-refractivity contribution in [2.24, 2.45) is 10.9 Å². The van der Waals surface area contributed by atoms with Gasteiger partial charge in [0, 0.05) is 12.1 Å². The molecule has 0 spiro atoms. The first-order chi connectivity index (χ1) is 4.47. The van der Waals surface area contributed by atoms with E-state index in [2.05, 4.69) is 4.72 Å². The molecule has 1 rings (SSSR count). The van der Waals surface area contributed by atoms with Crippen molar-refractivity contribution in [1.29, 1.82) is 0 Å². The van der Waals surface area contributed by atoms with Crippen molar-refractivity contribution < 1.29 is 8.42 Å². The zero-order valence-corrected chi connectivity index (χ0v) is 6.32. The molecule has 5 nitrogen and oxygen atoms in total. The number of nitrogens with one attached hydrogen (secondary N) is 1. The van der Waals surface area contributed by atoms with Crippen molar-refractivity contribution in [1.82, 2.24) is 4.72 Å². The second-order valence-corrected chi connectivity index (χ2v) is 3.93. The van der Waals surface area contributed by atoms with Gasteiger partial charge < -0.3 is 5.73 Å². The molecule has 0 aromatic heterocycles. The molecule has 0 heterocycles. The molecule has 0 atom stereocenters. The minimum atomic E-state index is -3.56. The molecule has 1 aliphatic carbocycles. The Morgan fingerprint density at radius 1 is 1.50 bits per heavy atom. The smallest absolute Gasteiger partial charge is 0.274 e. The van der Waals surface area contributed by atoms with Crippen molar-refractivity contribution in [2.75, 3.05) is 6.54 Å². The van der Waals surface area contributed by atoms with E-state index in [1.165, 1.54) is 0 Å². The summed E-state index contributed by atoms with van der Waals surface area (Å²) in [6.45, 7) is 0.323. The second-order valence-electron chi connectivity index (χ2n) is 2.63. The predicted octanol–water partition coefficient (Wildman–Crippen LogP) is -1.73. The molecule has 0 aromatic rings. The van der Waals surface area contributed by atoms with Gasteiger partial charge in [-0.25, -0.2) is 5.14 Å². The van der Waals surface area contributed by atoms with E-state index >= 15 is 0 Å². The molecular weight excluding hydrogens is 154 g/mol. The summed E-state index contributed by atoms with van der Waals surface area (Å²) in [5.41, 5.74) is 4.88. The van der Waals surface area contributed by atoms with Crippen LogP contribution in [0.2, 0.25) is 0 Å². The minimum absolute atomic E-state index is 0.323. The summed E-state index contributed by atoms with van der Waals surface area (Å²) in [6.07, 6.45) is 1.58. The largest absolute Gasteiger partial charge is 0.329 e. The summed E-state index contributed by atoms with van der Waals surface area (Å²) in [7, 11) is -3.56. The summed E-state index contributed by atoms with van der Waals surface area (Å²) >= 11 is 0. The van der Waals surface area contributed by atoms with Gasteiger partial charge in [0.2, 0.25) is 0 Å². The maximum absolute atomic E-state index is 10.5. The minimum Gasteiger partial charge on any atom is -0.329 e. The molecule has 1 aliphatic rings. The van der Waals surface area contributed by atoms with Gasteiger partial charge in [-0.15, -0.1) is 0 Å². The van der Waals surface area contributed by atoms with Gasteiger partial charge in [-0.05, 0) is 12.8 Å². The van der Waals surface area contributed by atoms with E-state index in [-0.39, 0.29) is 0 Å². The number of rotatable bonds is 3. The van der Waals surface area contributed by atoms with Crippen LogP contribution in [-0.4, -0.2) is 20.5 Å². The Hall–Kier alpha value is -0.170. The summed E-state index contributed by atoms with van der Waals surface area (Å²) in [6, 6.07) is 0. The second kappa shape index (κ2) is 2.16. The Bertz CT molecular complexity index is 219. The van der Waals surface area contributed by atoms with Crippen molar-refractivity contribution in [3.8, 4) is 0 Å². The molecule has 6 heteroatoms. The predicted molar refractivity (Wildman–Crippen MR) is 37.3 cm³/mol. The SMILES string of the molecule is NCC1(NS(N)(=O)=O)CC1. The lowest BCUT2D eigenvalue weighted by atomic mass is 10.3. The topological polar surface area (TPSA) is 98.2 Å². The summed E-state index contributed by atoms with van der Waals surface area (Å²) in [5.74, 6) is 0. The van der Waals surface area contributed by atoms with E-state index in [1.807, 2.05) is 0 Å². The molecule has 0 amide bonds. The van der Waals surface area contributed by atoms with Gasteiger partial charge in [0.15, 0.2) is 0 Å². The van der Waals surface area contributed by atoms with E-state index in [0.717, 1.165) is 12.8 Å². The summed E-state index contributed by atoms with van der Waals surface area (Å²) < 4.78 is 23.2. The van der Waals surface area contributed by atoms with E-state index in [0.29, 0.717) is 6.54 Å². The molecule has 0 aliphatic heterocycles. The molecule has 5 N–H and O–H groups in total. The first-order valence-corrected chi connectivity index (χ1v) is 4.54. The Labute approximate surface area is 60.0 Å². The van der Waals surface area contributed by atoms with Crippen LogP contribution in [0, 0.1) is 0 Å². The van der Waals surface area contributed by atoms with Crippen LogP contribution < -0.4 is 15.6 Å². The van der Waals surface area contributed by atoms with Gasteiger partial charge in [-0.3, -0.25) is 0 Å². The van der Waals surface area contributed by atoms with Crippen LogP contribution in [0.4, 0.5) is 0 Å². The Morgan fingerprint density at radius 2 is 2.00 bits per heavy atom. The van der Waals surface area contributed by atoms with Gasteiger partial charge >= 0.3 is 0 Å². The molecule has 0 radical (unpaired) electrons. The number of hydrogen-bond acceptors (Lipinski definition) is 3. The van der Waals surface area contributed by atoms with Crippen LogP contribution in [0.3, 0.4) is 0 Å². The lowest BCUT2D eigenvalue weighted by Gasteiger charge is -2.11. The summed E-state index contributed by atoms with van der Waals surface area (Å²) in [4.78, 5) is 0. The third-order valence-electron chi connectivity index (χ3n) is 1.60. The maximum Gasteiger partial charge on any atom is 0.274 e. The molecule has 0 aromatic carbocycles. The molecule has 0 saturated heterocycles. The standard InChI is InChI=1S/C4H11N3O2S/c5-3-4(1-2-4)7-10(6,8)9/h7H,1-3,5H2,(H2,6,8,9). The number of nitrogens with two attached hydrogens (primary N) is 2. The molecular formula is C4H11N3O2S. The van der Waals surface area contributed by atoms with Crippen molar-refractivity contribution >= 4 is 10.2 Å². The van der Waals surface area contributed by atoms with E-state index < -0.39 is 15.7 Å². The highest BCUT2D eigenvalue weighted by atomic mass is 32.2. The first-order valence-electron chi connectivity index (χ1n) is 2.99. The average molecular weight is 165 g/mol. The first kappa shape index (κ1) is 7.93. The molecule has 0 bridgehead atoms. The fraction of sp³-hybridized carbons (Fsp3) is 1.00. The Kier molecular flexibility index (Phi) is 1.71. The zero-order valence-electron chi connectivity index (χ0n) is 5.50.